The van der Waals surface area contributed by atoms with E-state index in [0.717, 1.165) is 10.6 Å². The lowest BCUT2D eigenvalue weighted by Gasteiger charge is -2.15. The van der Waals surface area contributed by atoms with Crippen molar-refractivity contribution in [2.24, 2.45) is 0 Å². The van der Waals surface area contributed by atoms with E-state index in [0.29, 0.717) is 0 Å². The lowest BCUT2D eigenvalue weighted by molar-refractivity contribution is -0.176. The summed E-state index contributed by atoms with van der Waals surface area (Å²) >= 11 is 0. The molecule has 4 heteroatoms. The van der Waals surface area contributed by atoms with Crippen molar-refractivity contribution >= 4 is 5.91 Å². The average Bonchev–Trinajstić information content (AvgIpc) is 2.18. The van der Waals surface area contributed by atoms with E-state index in [9.17, 15) is 4.79 Å². The van der Waals surface area contributed by atoms with Gasteiger partial charge in [0.2, 0.25) is 0 Å². The normalized spacial score (nSPS) is 9.40. The molecule has 0 heterocycles. The Labute approximate surface area is 88.3 Å². The van der Waals surface area contributed by atoms with E-state index in [1.807, 2.05) is 30.3 Å². The molecule has 0 aliphatic rings. The number of hydrogen-bond donors (Lipinski definition) is 1. The zero-order chi connectivity index (χ0) is 11.3. The summed E-state index contributed by atoms with van der Waals surface area (Å²) in [6, 6.07) is 9.28. The number of amides is 1. The molecule has 0 spiro atoms. The minimum Gasteiger partial charge on any atom is -0.480 e. The van der Waals surface area contributed by atoms with Crippen LogP contribution in [0.4, 0.5) is 0 Å². The molecule has 0 aliphatic heterocycles. The van der Waals surface area contributed by atoms with E-state index in [1.54, 1.807) is 0 Å². The number of aliphatic hydroxyl groups is 1. The second-order valence-corrected chi connectivity index (χ2v) is 3.04. The molecule has 15 heavy (non-hydrogen) atoms. The molecule has 1 aromatic rings. The molecule has 1 rings (SSSR count). The molecule has 0 atom stereocenters. The summed E-state index contributed by atoms with van der Waals surface area (Å²) < 4.78 is 0. The SMILES string of the molecule is C=C(O)ON(C)C(=O)Cc1ccccc1. The molecule has 0 bridgehead atoms. The van der Waals surface area contributed by atoms with E-state index in [1.165, 1.54) is 7.05 Å². The van der Waals surface area contributed by atoms with Crippen molar-refractivity contribution < 1.29 is 14.7 Å². The second-order valence-electron chi connectivity index (χ2n) is 3.04. The number of carbonyl (C=O) groups excluding carboxylic acids is 1. The fraction of sp³-hybridized carbons (Fsp3) is 0.182. The Morgan fingerprint density at radius 2 is 2.07 bits per heavy atom. The highest BCUT2D eigenvalue weighted by Gasteiger charge is 2.11. The Bertz CT molecular complexity index is 348. The summed E-state index contributed by atoms with van der Waals surface area (Å²) in [4.78, 5) is 16.1. The molecule has 0 aromatic heterocycles. The van der Waals surface area contributed by atoms with Crippen LogP contribution in [0.2, 0.25) is 0 Å². The van der Waals surface area contributed by atoms with Gasteiger partial charge in [0.25, 0.3) is 11.9 Å². The third-order valence-electron chi connectivity index (χ3n) is 1.79. The fourth-order valence-electron chi connectivity index (χ4n) is 1.09. The Kier molecular flexibility index (Phi) is 3.74. The highest BCUT2D eigenvalue weighted by molar-refractivity contribution is 5.77. The van der Waals surface area contributed by atoms with Crippen molar-refractivity contribution in [2.75, 3.05) is 7.05 Å². The zero-order valence-corrected chi connectivity index (χ0v) is 8.51. The third kappa shape index (κ3) is 3.72. The highest BCUT2D eigenvalue weighted by atomic mass is 16.7. The smallest absolute Gasteiger partial charge is 0.297 e. The number of carbonyl (C=O) groups is 1. The summed E-state index contributed by atoms with van der Waals surface area (Å²) in [6.07, 6.45) is 0.227. The van der Waals surface area contributed by atoms with E-state index in [2.05, 4.69) is 11.4 Å². The lowest BCUT2D eigenvalue weighted by Crippen LogP contribution is -2.28. The standard InChI is InChI=1S/C11H13NO3/c1-9(13)15-12(2)11(14)8-10-6-4-3-5-7-10/h3-7,13H,1,8H2,2H3. The number of benzene rings is 1. The molecule has 1 N–H and O–H groups in total. The van der Waals surface area contributed by atoms with Crippen molar-refractivity contribution in [2.45, 2.75) is 6.42 Å². The molecule has 1 amide bonds. The first-order chi connectivity index (χ1) is 7.09. The Morgan fingerprint density at radius 3 is 2.60 bits per heavy atom. The van der Waals surface area contributed by atoms with Gasteiger partial charge in [-0.25, -0.2) is 0 Å². The summed E-state index contributed by atoms with van der Waals surface area (Å²) in [5.74, 6) is -0.754. The van der Waals surface area contributed by atoms with Crippen LogP contribution in [0.15, 0.2) is 42.9 Å². The quantitative estimate of drug-likeness (QED) is 0.603. The Morgan fingerprint density at radius 1 is 1.47 bits per heavy atom. The summed E-state index contributed by atoms with van der Waals surface area (Å²) in [7, 11) is 1.42. The van der Waals surface area contributed by atoms with E-state index in [4.69, 9.17) is 5.11 Å². The Hall–Kier alpha value is -1.97. The predicted molar refractivity (Wildman–Crippen MR) is 55.8 cm³/mol. The topological polar surface area (TPSA) is 49.8 Å². The number of hydrogen-bond acceptors (Lipinski definition) is 3. The maximum absolute atomic E-state index is 11.5. The van der Waals surface area contributed by atoms with Crippen molar-refractivity contribution in [1.82, 2.24) is 5.06 Å². The van der Waals surface area contributed by atoms with Crippen molar-refractivity contribution in [3.8, 4) is 0 Å². The average molecular weight is 207 g/mol. The third-order valence-corrected chi connectivity index (χ3v) is 1.79. The van der Waals surface area contributed by atoms with Gasteiger partial charge in [0.1, 0.15) is 0 Å². The summed E-state index contributed by atoms with van der Waals surface area (Å²) in [5, 5.41) is 9.68. The van der Waals surface area contributed by atoms with Gasteiger partial charge in [-0.3, -0.25) is 4.79 Å². The predicted octanol–water partition coefficient (Wildman–Crippen LogP) is 1.65. The number of hydroxylamine groups is 2. The maximum atomic E-state index is 11.5. The van der Waals surface area contributed by atoms with Crippen LogP contribution in [0.5, 0.6) is 0 Å². The molecular formula is C11H13NO3. The second kappa shape index (κ2) is 5.05. The van der Waals surface area contributed by atoms with E-state index in [-0.39, 0.29) is 12.3 Å². The molecule has 4 nitrogen and oxygen atoms in total. The van der Waals surface area contributed by atoms with Crippen molar-refractivity contribution in [3.63, 3.8) is 0 Å². The van der Waals surface area contributed by atoms with Crippen LogP contribution in [0.3, 0.4) is 0 Å². The van der Waals surface area contributed by atoms with Gasteiger partial charge in [-0.05, 0) is 12.1 Å². The molecule has 0 aliphatic carbocycles. The molecule has 1 aromatic carbocycles. The van der Waals surface area contributed by atoms with Crippen molar-refractivity contribution in [3.05, 3.63) is 48.4 Å². The van der Waals surface area contributed by atoms with Gasteiger partial charge in [0.05, 0.1) is 6.42 Å². The minimum absolute atomic E-state index is 0.227. The number of rotatable bonds is 4. The monoisotopic (exact) mass is 207 g/mol. The first-order valence-corrected chi connectivity index (χ1v) is 4.46. The molecule has 0 fully saturated rings. The van der Waals surface area contributed by atoms with Crippen LogP contribution < -0.4 is 0 Å². The molecule has 0 unspecified atom stereocenters. The van der Waals surface area contributed by atoms with E-state index >= 15 is 0 Å². The van der Waals surface area contributed by atoms with Crippen LogP contribution in [0.25, 0.3) is 0 Å². The van der Waals surface area contributed by atoms with Crippen LogP contribution in [0.1, 0.15) is 5.56 Å². The summed E-state index contributed by atoms with van der Waals surface area (Å²) in [6.45, 7) is 3.12. The zero-order valence-electron chi connectivity index (χ0n) is 8.51. The molecule has 0 saturated carbocycles. The molecule has 0 saturated heterocycles. The summed E-state index contributed by atoms with van der Waals surface area (Å²) in [5.41, 5.74) is 0.890. The van der Waals surface area contributed by atoms with Gasteiger partial charge < -0.3 is 9.94 Å². The highest BCUT2D eigenvalue weighted by Crippen LogP contribution is 2.03. The van der Waals surface area contributed by atoms with Gasteiger partial charge in [0, 0.05) is 7.05 Å². The Balaban J connectivity index is 2.52. The largest absolute Gasteiger partial charge is 0.480 e. The first-order valence-electron chi connectivity index (χ1n) is 4.46. The van der Waals surface area contributed by atoms with Crippen molar-refractivity contribution in [1.29, 1.82) is 0 Å². The maximum Gasteiger partial charge on any atom is 0.297 e. The van der Waals surface area contributed by atoms with Crippen LogP contribution in [-0.4, -0.2) is 23.1 Å². The van der Waals surface area contributed by atoms with Gasteiger partial charge in [-0.2, -0.15) is 5.06 Å². The van der Waals surface area contributed by atoms with Gasteiger partial charge in [-0.15, -0.1) is 0 Å². The first kappa shape index (κ1) is 11.1. The van der Waals surface area contributed by atoms with Crippen LogP contribution >= 0.6 is 0 Å². The fourth-order valence-corrected chi connectivity index (χ4v) is 1.09. The van der Waals surface area contributed by atoms with Gasteiger partial charge in [0.15, 0.2) is 0 Å². The van der Waals surface area contributed by atoms with Gasteiger partial charge >= 0.3 is 0 Å². The van der Waals surface area contributed by atoms with Crippen LogP contribution in [0, 0.1) is 0 Å². The number of aliphatic hydroxyl groups excluding tert-OH is 1. The molecule has 80 valence electrons. The number of likely N-dealkylation sites (N-methyl/N-ethyl adjacent to an activating group) is 1. The van der Waals surface area contributed by atoms with E-state index < -0.39 is 5.95 Å². The van der Waals surface area contributed by atoms with Gasteiger partial charge in [-0.1, -0.05) is 30.3 Å². The number of nitrogens with zero attached hydrogens (tertiary/aromatic N) is 1. The molecular weight excluding hydrogens is 194 g/mol. The minimum atomic E-state index is -0.501. The lowest BCUT2D eigenvalue weighted by atomic mass is 10.1. The molecule has 0 radical (unpaired) electrons. The van der Waals surface area contributed by atoms with Crippen LogP contribution in [-0.2, 0) is 16.1 Å².